The summed E-state index contributed by atoms with van der Waals surface area (Å²) < 4.78 is 36.0. The van der Waals surface area contributed by atoms with Crippen molar-refractivity contribution in [2.75, 3.05) is 6.61 Å². The van der Waals surface area contributed by atoms with Crippen LogP contribution in [0.2, 0.25) is 18.1 Å². The lowest BCUT2D eigenvalue weighted by atomic mass is 10.1. The molecule has 0 aliphatic heterocycles. The molecule has 160 valence electrons. The van der Waals surface area contributed by atoms with Crippen LogP contribution in [-0.4, -0.2) is 28.3 Å². The smallest absolute Gasteiger partial charge is 0.296 e. The lowest BCUT2D eigenvalue weighted by Gasteiger charge is -2.38. The third kappa shape index (κ3) is 6.47. The number of nitrogens with zero attached hydrogens (tertiary/aromatic N) is 1. The van der Waals surface area contributed by atoms with E-state index in [1.54, 1.807) is 24.3 Å². The normalized spacial score (nSPS) is 14.0. The van der Waals surface area contributed by atoms with Crippen LogP contribution in [-0.2, 0) is 25.1 Å². The van der Waals surface area contributed by atoms with Gasteiger partial charge in [0.1, 0.15) is 0 Å². The van der Waals surface area contributed by atoms with Crippen molar-refractivity contribution in [2.45, 2.75) is 70.2 Å². The van der Waals surface area contributed by atoms with Gasteiger partial charge in [-0.15, -0.1) is 0 Å². The fourth-order valence-electron chi connectivity index (χ4n) is 2.54. The Bertz CT molecular complexity index is 901. The van der Waals surface area contributed by atoms with Crippen LogP contribution in [0, 0.1) is 6.92 Å². The van der Waals surface area contributed by atoms with Gasteiger partial charge in [-0.1, -0.05) is 44.5 Å². The van der Waals surface area contributed by atoms with E-state index in [1.165, 1.54) is 0 Å². The molecule has 5 nitrogen and oxygen atoms in total. The average molecular weight is 436 g/mol. The molecule has 29 heavy (non-hydrogen) atoms. The Balaban J connectivity index is 1.93. The van der Waals surface area contributed by atoms with Crippen LogP contribution in [0.4, 0.5) is 0 Å². The third-order valence-corrected chi connectivity index (χ3v) is 11.4. The Hall–Kier alpha value is -1.54. The van der Waals surface area contributed by atoms with Gasteiger partial charge in [0.15, 0.2) is 8.32 Å². The molecule has 1 atom stereocenters. The van der Waals surface area contributed by atoms with E-state index < -0.39 is 18.4 Å². The molecular formula is C22H33NO4SSi. The first-order chi connectivity index (χ1) is 13.3. The zero-order valence-corrected chi connectivity index (χ0v) is 20.3. The molecule has 0 saturated carbocycles. The van der Waals surface area contributed by atoms with Gasteiger partial charge in [-0.25, -0.2) is 0 Å². The van der Waals surface area contributed by atoms with E-state index in [-0.39, 0.29) is 22.6 Å². The molecule has 2 rings (SSSR count). The molecule has 1 unspecified atom stereocenters. The van der Waals surface area contributed by atoms with Crippen LogP contribution >= 0.6 is 0 Å². The highest BCUT2D eigenvalue weighted by atomic mass is 32.2. The van der Waals surface area contributed by atoms with E-state index in [0.717, 1.165) is 16.8 Å². The Kier molecular flexibility index (Phi) is 7.43. The molecule has 0 amide bonds. The summed E-state index contributed by atoms with van der Waals surface area (Å²) in [6, 6.07) is 10.5. The number of aromatic nitrogens is 1. The van der Waals surface area contributed by atoms with Crippen LogP contribution < -0.4 is 0 Å². The van der Waals surface area contributed by atoms with Crippen LogP contribution in [0.25, 0.3) is 0 Å². The largest absolute Gasteiger partial charge is 0.410 e. The first kappa shape index (κ1) is 23.7. The number of hydrogen-bond acceptors (Lipinski definition) is 5. The zero-order chi connectivity index (χ0) is 21.9. The lowest BCUT2D eigenvalue weighted by molar-refractivity contribution is 0.202. The summed E-state index contributed by atoms with van der Waals surface area (Å²) in [7, 11) is -5.60. The highest BCUT2D eigenvalue weighted by molar-refractivity contribution is 7.86. The molecule has 0 aliphatic carbocycles. The number of hydrogen-bond donors (Lipinski definition) is 0. The Morgan fingerprint density at radius 1 is 1.07 bits per heavy atom. The van der Waals surface area contributed by atoms with Crippen LogP contribution in [0.15, 0.2) is 47.5 Å². The van der Waals surface area contributed by atoms with E-state index in [4.69, 9.17) is 8.61 Å². The molecule has 0 radical (unpaired) electrons. The maximum atomic E-state index is 12.2. The summed E-state index contributed by atoms with van der Waals surface area (Å²) in [6.07, 6.45) is 2.19. The van der Waals surface area contributed by atoms with Crippen LogP contribution in [0.5, 0.6) is 0 Å². The van der Waals surface area contributed by atoms with Gasteiger partial charge in [-0.2, -0.15) is 8.42 Å². The number of aryl methyl sites for hydroxylation is 1. The minimum atomic E-state index is -3.75. The van der Waals surface area contributed by atoms with E-state index in [1.807, 2.05) is 25.3 Å². The van der Waals surface area contributed by atoms with Crippen molar-refractivity contribution in [3.63, 3.8) is 0 Å². The van der Waals surface area contributed by atoms with Crippen molar-refractivity contribution in [1.82, 2.24) is 4.98 Å². The van der Waals surface area contributed by atoms with Crippen molar-refractivity contribution in [3.8, 4) is 0 Å². The molecule has 0 N–H and O–H groups in total. The first-order valence-corrected chi connectivity index (χ1v) is 14.2. The maximum Gasteiger partial charge on any atom is 0.296 e. The summed E-state index contributed by atoms with van der Waals surface area (Å²) in [5, 5.41) is 0.148. The molecule has 1 aromatic carbocycles. The van der Waals surface area contributed by atoms with Crippen molar-refractivity contribution in [3.05, 3.63) is 59.4 Å². The van der Waals surface area contributed by atoms with Gasteiger partial charge in [0, 0.05) is 18.3 Å². The minimum Gasteiger partial charge on any atom is -0.410 e. The SMILES string of the molecule is Cc1ccc(S(=O)(=O)OCCc2ccc(C(C)O[Si](C)(C)C(C)(C)C)cn2)cc1. The topological polar surface area (TPSA) is 65.5 Å². The fraction of sp³-hybridized carbons (Fsp3) is 0.500. The number of pyridine rings is 1. The van der Waals surface area contributed by atoms with Crippen molar-refractivity contribution in [2.24, 2.45) is 0 Å². The Morgan fingerprint density at radius 3 is 2.21 bits per heavy atom. The highest BCUT2D eigenvalue weighted by Gasteiger charge is 2.38. The van der Waals surface area contributed by atoms with E-state index in [9.17, 15) is 8.42 Å². The highest BCUT2D eigenvalue weighted by Crippen LogP contribution is 2.39. The van der Waals surface area contributed by atoms with Gasteiger partial charge in [-0.05, 0) is 55.7 Å². The molecule has 7 heteroatoms. The first-order valence-electron chi connectivity index (χ1n) is 9.90. The van der Waals surface area contributed by atoms with Gasteiger partial charge in [0.2, 0.25) is 0 Å². The molecule has 0 spiro atoms. The van der Waals surface area contributed by atoms with Gasteiger partial charge in [0.05, 0.1) is 17.6 Å². The third-order valence-electron chi connectivity index (χ3n) is 5.50. The minimum absolute atomic E-state index is 0.0318. The molecule has 0 saturated heterocycles. The van der Waals surface area contributed by atoms with Crippen LogP contribution in [0.1, 0.15) is 50.6 Å². The molecular weight excluding hydrogens is 402 g/mol. The second-order valence-corrected chi connectivity index (χ2v) is 15.3. The van der Waals surface area contributed by atoms with Gasteiger partial charge < -0.3 is 4.43 Å². The lowest BCUT2D eigenvalue weighted by Crippen LogP contribution is -2.41. The molecule has 1 heterocycles. The van der Waals surface area contributed by atoms with Crippen molar-refractivity contribution in [1.29, 1.82) is 0 Å². The Morgan fingerprint density at radius 2 is 1.69 bits per heavy atom. The second-order valence-electron chi connectivity index (χ2n) is 8.94. The predicted molar refractivity (Wildman–Crippen MR) is 119 cm³/mol. The molecule has 1 aromatic heterocycles. The molecule has 0 fully saturated rings. The monoisotopic (exact) mass is 435 g/mol. The quantitative estimate of drug-likeness (QED) is 0.409. The van der Waals surface area contributed by atoms with Crippen molar-refractivity contribution >= 4 is 18.4 Å². The van der Waals surface area contributed by atoms with Gasteiger partial charge >= 0.3 is 0 Å². The van der Waals surface area contributed by atoms with E-state index >= 15 is 0 Å². The van der Waals surface area contributed by atoms with Gasteiger partial charge in [-0.3, -0.25) is 9.17 Å². The summed E-state index contributed by atoms with van der Waals surface area (Å²) in [5.41, 5.74) is 2.80. The average Bonchev–Trinajstić information content (AvgIpc) is 2.61. The second kappa shape index (κ2) is 9.08. The predicted octanol–water partition coefficient (Wildman–Crippen LogP) is 5.42. The fourth-order valence-corrected chi connectivity index (χ4v) is 4.82. The van der Waals surface area contributed by atoms with Gasteiger partial charge in [0.25, 0.3) is 10.1 Å². The van der Waals surface area contributed by atoms with Crippen LogP contribution in [0.3, 0.4) is 0 Å². The maximum absolute atomic E-state index is 12.2. The summed E-state index contributed by atoms with van der Waals surface area (Å²) >= 11 is 0. The summed E-state index contributed by atoms with van der Waals surface area (Å²) in [6.45, 7) is 15.1. The van der Waals surface area contributed by atoms with Crippen molar-refractivity contribution < 1.29 is 17.0 Å². The van der Waals surface area contributed by atoms with E-state index in [0.29, 0.717) is 6.42 Å². The number of benzene rings is 1. The van der Waals surface area contributed by atoms with E-state index in [2.05, 4.69) is 45.8 Å². The zero-order valence-electron chi connectivity index (χ0n) is 18.5. The Labute approximate surface area is 176 Å². The number of rotatable bonds is 8. The molecule has 2 aromatic rings. The molecule has 0 aliphatic rings. The standard InChI is InChI=1S/C22H33NO4SSi/c1-17-8-12-21(13-9-17)28(24,25)26-15-14-20-11-10-19(16-23-20)18(2)27-29(6,7)22(3,4)5/h8-13,16,18H,14-15H2,1-7H3. The summed E-state index contributed by atoms with van der Waals surface area (Å²) in [5.74, 6) is 0. The summed E-state index contributed by atoms with van der Waals surface area (Å²) in [4.78, 5) is 4.63. The molecule has 0 bridgehead atoms.